The number of hydrogen-bond acceptors (Lipinski definition) is 6. The average Bonchev–Trinajstić information content (AvgIpc) is 2.34. The highest BCUT2D eigenvalue weighted by molar-refractivity contribution is 5.89. The van der Waals surface area contributed by atoms with E-state index in [1.165, 1.54) is 0 Å². The lowest BCUT2D eigenvalue weighted by atomic mass is 10.1. The van der Waals surface area contributed by atoms with Crippen LogP contribution in [0.5, 0.6) is 0 Å². The quantitative estimate of drug-likeness (QED) is 0.188. The molecule has 0 aromatic heterocycles. The first-order chi connectivity index (χ1) is 9.27. The molecule has 0 aromatic carbocycles. The van der Waals surface area contributed by atoms with E-state index in [0.717, 1.165) is 0 Å². The van der Waals surface area contributed by atoms with Gasteiger partial charge in [0.1, 0.15) is 12.1 Å². The molecule has 0 radical (unpaired) electrons. The Bertz CT molecular complexity index is 386. The van der Waals surface area contributed by atoms with Crippen LogP contribution in [0.25, 0.3) is 0 Å². The highest BCUT2D eigenvalue weighted by Gasteiger charge is 2.24. The molecule has 0 spiro atoms. The minimum absolute atomic E-state index is 0.0813. The summed E-state index contributed by atoms with van der Waals surface area (Å²) < 4.78 is 0. The number of carboxylic acid groups (broad SMARTS) is 2. The maximum Gasteiger partial charge on any atom is 0.303 e. The molecule has 8 N–H and O–H groups in total. The summed E-state index contributed by atoms with van der Waals surface area (Å²) in [5.74, 6) is 1.28. The summed E-state index contributed by atoms with van der Waals surface area (Å²) in [5, 5.41) is 19.3. The second kappa shape index (κ2) is 8.82. The lowest BCUT2D eigenvalue weighted by Crippen LogP contribution is -2.53. The molecule has 0 bridgehead atoms. The number of nitrogens with two attached hydrogens (primary N) is 2. The highest BCUT2D eigenvalue weighted by Crippen LogP contribution is 2.01. The number of amides is 2. The number of carboxylic acids is 2. The number of hydrazine groups is 1. The largest absolute Gasteiger partial charge is 0.481 e. The van der Waals surface area contributed by atoms with Crippen LogP contribution in [0, 0.1) is 0 Å². The van der Waals surface area contributed by atoms with Gasteiger partial charge in [0.2, 0.25) is 11.8 Å². The Morgan fingerprint density at radius 3 is 1.75 bits per heavy atom. The van der Waals surface area contributed by atoms with Gasteiger partial charge in [-0.1, -0.05) is 0 Å². The first kappa shape index (κ1) is 17.8. The van der Waals surface area contributed by atoms with Gasteiger partial charge in [-0.3, -0.25) is 25.0 Å². The summed E-state index contributed by atoms with van der Waals surface area (Å²) in [4.78, 5) is 43.7. The number of rotatable bonds is 10. The highest BCUT2D eigenvalue weighted by atomic mass is 16.4. The van der Waals surface area contributed by atoms with E-state index in [1.54, 1.807) is 0 Å². The van der Waals surface area contributed by atoms with Crippen LogP contribution in [0.3, 0.4) is 0 Å². The predicted octanol–water partition coefficient (Wildman–Crippen LogP) is -2.48. The van der Waals surface area contributed by atoms with Crippen LogP contribution in [-0.4, -0.2) is 46.0 Å². The minimum atomic E-state index is -1.15. The van der Waals surface area contributed by atoms with Gasteiger partial charge in [-0.15, -0.1) is 0 Å². The second-order valence-electron chi connectivity index (χ2n) is 4.05. The topological polar surface area (TPSA) is 185 Å². The molecule has 10 heteroatoms. The zero-order valence-electron chi connectivity index (χ0n) is 10.7. The van der Waals surface area contributed by atoms with Gasteiger partial charge in [-0.05, 0) is 12.8 Å². The maximum atomic E-state index is 11.7. The average molecular weight is 290 g/mol. The zero-order chi connectivity index (χ0) is 15.7. The third kappa shape index (κ3) is 7.28. The van der Waals surface area contributed by atoms with Crippen molar-refractivity contribution in [3.8, 4) is 0 Å². The van der Waals surface area contributed by atoms with Crippen molar-refractivity contribution in [1.29, 1.82) is 0 Å². The molecular formula is C10H18N4O6. The molecule has 2 amide bonds. The predicted molar refractivity (Wildman–Crippen MR) is 66.0 cm³/mol. The van der Waals surface area contributed by atoms with Gasteiger partial charge in [-0.2, -0.15) is 0 Å². The first-order valence-electron chi connectivity index (χ1n) is 5.77. The number of nitrogens with one attached hydrogen (secondary N) is 2. The van der Waals surface area contributed by atoms with E-state index in [1.807, 2.05) is 0 Å². The zero-order valence-corrected chi connectivity index (χ0v) is 10.7. The Morgan fingerprint density at radius 1 is 0.950 bits per heavy atom. The summed E-state index contributed by atoms with van der Waals surface area (Å²) in [6.45, 7) is 0. The molecule has 10 nitrogen and oxygen atoms in total. The molecule has 0 aliphatic rings. The Morgan fingerprint density at radius 2 is 1.40 bits per heavy atom. The fraction of sp³-hybridized carbons (Fsp3) is 0.600. The molecule has 0 rings (SSSR count). The molecule has 20 heavy (non-hydrogen) atoms. The number of carbonyl (C=O) groups excluding carboxylic acids is 2. The number of aliphatic carboxylic acids is 2. The van der Waals surface area contributed by atoms with Crippen molar-refractivity contribution in [2.75, 3.05) is 0 Å². The maximum absolute atomic E-state index is 11.7. The molecule has 0 aromatic rings. The van der Waals surface area contributed by atoms with E-state index in [-0.39, 0.29) is 25.7 Å². The summed E-state index contributed by atoms with van der Waals surface area (Å²) >= 11 is 0. The van der Waals surface area contributed by atoms with E-state index in [4.69, 9.17) is 21.8 Å². The van der Waals surface area contributed by atoms with E-state index < -0.39 is 35.8 Å². The normalized spacial score (nSPS) is 13.2. The fourth-order valence-corrected chi connectivity index (χ4v) is 1.38. The molecule has 2 unspecified atom stereocenters. The number of primary amides is 1. The Balaban J connectivity index is 4.51. The van der Waals surface area contributed by atoms with Crippen molar-refractivity contribution in [3.05, 3.63) is 0 Å². The summed E-state index contributed by atoms with van der Waals surface area (Å²) in [5.41, 5.74) is 7.17. The standard InChI is InChI=1S/C10H18N4O6/c11-9(19)5(1-3-7(15)16)13-10(20)6(14-12)2-4-8(17)18/h5-6,14H,1-4,12H2,(H2,11,19)(H,13,20)(H,15,16)(H,17,18). The Labute approximate surface area is 114 Å². The van der Waals surface area contributed by atoms with Gasteiger partial charge >= 0.3 is 11.9 Å². The van der Waals surface area contributed by atoms with Crippen molar-refractivity contribution in [2.24, 2.45) is 11.6 Å². The number of carbonyl (C=O) groups is 4. The molecule has 2 atom stereocenters. The van der Waals surface area contributed by atoms with Crippen LogP contribution in [0.2, 0.25) is 0 Å². The number of hydrogen-bond donors (Lipinski definition) is 6. The summed E-state index contributed by atoms with van der Waals surface area (Å²) in [6, 6.07) is -2.17. The first-order valence-corrected chi connectivity index (χ1v) is 5.77. The molecule has 0 aliphatic heterocycles. The van der Waals surface area contributed by atoms with Gasteiger partial charge in [0.25, 0.3) is 0 Å². The molecule has 0 saturated heterocycles. The second-order valence-corrected chi connectivity index (χ2v) is 4.05. The summed E-state index contributed by atoms with van der Waals surface area (Å²) in [6.07, 6.45) is -0.878. The van der Waals surface area contributed by atoms with Crippen molar-refractivity contribution in [2.45, 2.75) is 37.8 Å². The van der Waals surface area contributed by atoms with Crippen molar-refractivity contribution in [1.82, 2.24) is 10.7 Å². The van der Waals surface area contributed by atoms with E-state index in [9.17, 15) is 19.2 Å². The fourth-order valence-electron chi connectivity index (χ4n) is 1.38. The minimum Gasteiger partial charge on any atom is -0.481 e. The van der Waals surface area contributed by atoms with E-state index >= 15 is 0 Å². The third-order valence-electron chi connectivity index (χ3n) is 2.47. The van der Waals surface area contributed by atoms with Crippen molar-refractivity contribution in [3.63, 3.8) is 0 Å². The molecule has 0 fully saturated rings. The lowest BCUT2D eigenvalue weighted by molar-refractivity contribution is -0.139. The van der Waals surface area contributed by atoms with Gasteiger partial charge in [-0.25, -0.2) is 5.43 Å². The monoisotopic (exact) mass is 290 g/mol. The van der Waals surface area contributed by atoms with Gasteiger partial charge in [0.05, 0.1) is 0 Å². The van der Waals surface area contributed by atoms with Crippen molar-refractivity contribution >= 4 is 23.8 Å². The smallest absolute Gasteiger partial charge is 0.303 e. The molecule has 0 saturated carbocycles. The van der Waals surface area contributed by atoms with Crippen LogP contribution in [0.4, 0.5) is 0 Å². The van der Waals surface area contributed by atoms with Crippen molar-refractivity contribution < 1.29 is 29.4 Å². The van der Waals surface area contributed by atoms with Crippen LogP contribution in [0.15, 0.2) is 0 Å². The van der Waals surface area contributed by atoms with Crippen LogP contribution < -0.4 is 22.3 Å². The van der Waals surface area contributed by atoms with Gasteiger partial charge in [0, 0.05) is 12.8 Å². The lowest BCUT2D eigenvalue weighted by Gasteiger charge is -2.19. The molecule has 114 valence electrons. The van der Waals surface area contributed by atoms with Gasteiger partial charge < -0.3 is 21.3 Å². The van der Waals surface area contributed by atoms with Crippen LogP contribution >= 0.6 is 0 Å². The van der Waals surface area contributed by atoms with E-state index in [2.05, 4.69) is 10.7 Å². The molecule has 0 aliphatic carbocycles. The van der Waals surface area contributed by atoms with E-state index in [0.29, 0.717) is 0 Å². The van der Waals surface area contributed by atoms with Crippen LogP contribution in [0.1, 0.15) is 25.7 Å². The van der Waals surface area contributed by atoms with Crippen LogP contribution in [-0.2, 0) is 19.2 Å². The van der Waals surface area contributed by atoms with Gasteiger partial charge in [0.15, 0.2) is 0 Å². The third-order valence-corrected chi connectivity index (χ3v) is 2.47. The summed E-state index contributed by atoms with van der Waals surface area (Å²) in [7, 11) is 0. The Hall–Kier alpha value is -2.20. The Kier molecular flexibility index (Phi) is 7.85. The molecular weight excluding hydrogens is 272 g/mol. The SMILES string of the molecule is NNC(CCC(=O)O)C(=O)NC(CCC(=O)O)C(N)=O. The molecule has 0 heterocycles.